The third kappa shape index (κ3) is 3.14. The van der Waals surface area contributed by atoms with Gasteiger partial charge in [-0.25, -0.2) is 4.68 Å². The number of benzene rings is 2. The quantitative estimate of drug-likeness (QED) is 0.673. The van der Waals surface area contributed by atoms with E-state index in [9.17, 15) is 0 Å². The molecule has 0 aliphatic rings. The Hall–Kier alpha value is -1.73. The molecule has 0 aliphatic carbocycles. The molecule has 3 aromatic rings. The number of nitrogens with zero attached hydrogens (tertiary/aromatic N) is 4. The van der Waals surface area contributed by atoms with E-state index in [0.717, 1.165) is 20.1 Å². The van der Waals surface area contributed by atoms with Gasteiger partial charge in [0.25, 0.3) is 0 Å². The van der Waals surface area contributed by atoms with Crippen molar-refractivity contribution in [2.24, 2.45) is 0 Å². The number of nitrogens with two attached hydrogens (primary N) is 1. The maximum absolute atomic E-state index is 5.85. The highest BCUT2D eigenvalue weighted by Gasteiger charge is 2.13. The Morgan fingerprint density at radius 1 is 1.10 bits per heavy atom. The largest absolute Gasteiger partial charge is 0.399 e. The zero-order chi connectivity index (χ0) is 14.8. The number of aromatic nitrogens is 4. The molecule has 21 heavy (non-hydrogen) atoms. The smallest absolute Gasteiger partial charge is 0.183 e. The molecule has 0 spiro atoms. The molecular formula is C14H11Br2N5. The molecule has 0 saturated carbocycles. The number of hydrogen-bond donors (Lipinski definition) is 1. The van der Waals surface area contributed by atoms with Crippen LogP contribution in [-0.2, 0) is 6.54 Å². The number of tetrazole rings is 1. The maximum Gasteiger partial charge on any atom is 0.183 e. The van der Waals surface area contributed by atoms with Crippen molar-refractivity contribution in [1.82, 2.24) is 20.2 Å². The SMILES string of the molecule is Nc1ccc(Br)c(-c2nnnn2Cc2cccc(Br)c2)c1. The molecule has 0 fully saturated rings. The van der Waals surface area contributed by atoms with Gasteiger partial charge in [-0.1, -0.05) is 44.0 Å². The lowest BCUT2D eigenvalue weighted by atomic mass is 10.2. The fourth-order valence-corrected chi connectivity index (χ4v) is 2.90. The van der Waals surface area contributed by atoms with Crippen LogP contribution in [0.5, 0.6) is 0 Å². The number of nitrogen functional groups attached to an aromatic ring is 1. The molecule has 0 saturated heterocycles. The molecule has 2 N–H and O–H groups in total. The Kier molecular flexibility index (Phi) is 4.03. The van der Waals surface area contributed by atoms with E-state index in [-0.39, 0.29) is 0 Å². The average Bonchev–Trinajstić information content (AvgIpc) is 2.89. The van der Waals surface area contributed by atoms with Gasteiger partial charge in [-0.2, -0.15) is 0 Å². The second-order valence-corrected chi connectivity index (χ2v) is 6.30. The Morgan fingerprint density at radius 2 is 1.95 bits per heavy atom. The molecule has 0 unspecified atom stereocenters. The Morgan fingerprint density at radius 3 is 2.76 bits per heavy atom. The van der Waals surface area contributed by atoms with Crippen LogP contribution in [0.25, 0.3) is 11.4 Å². The van der Waals surface area contributed by atoms with Crippen molar-refractivity contribution in [3.8, 4) is 11.4 Å². The molecule has 0 aliphatic heterocycles. The molecule has 0 bridgehead atoms. The molecule has 0 atom stereocenters. The van der Waals surface area contributed by atoms with Crippen LogP contribution >= 0.6 is 31.9 Å². The van der Waals surface area contributed by atoms with Gasteiger partial charge >= 0.3 is 0 Å². The lowest BCUT2D eigenvalue weighted by molar-refractivity contribution is 0.653. The van der Waals surface area contributed by atoms with Crippen LogP contribution in [0.3, 0.4) is 0 Å². The van der Waals surface area contributed by atoms with Crippen molar-refractivity contribution >= 4 is 37.5 Å². The minimum Gasteiger partial charge on any atom is -0.399 e. The minimum atomic E-state index is 0.586. The summed E-state index contributed by atoms with van der Waals surface area (Å²) in [5.74, 6) is 0.675. The Balaban J connectivity index is 1.99. The first-order chi connectivity index (χ1) is 10.1. The van der Waals surface area contributed by atoms with Crippen LogP contribution in [0, 0.1) is 0 Å². The van der Waals surface area contributed by atoms with E-state index >= 15 is 0 Å². The van der Waals surface area contributed by atoms with Crippen LogP contribution in [0.2, 0.25) is 0 Å². The number of anilines is 1. The maximum atomic E-state index is 5.85. The van der Waals surface area contributed by atoms with Crippen molar-refractivity contribution in [3.05, 3.63) is 57.0 Å². The van der Waals surface area contributed by atoms with Crippen LogP contribution in [0.1, 0.15) is 5.56 Å². The topological polar surface area (TPSA) is 69.6 Å². The van der Waals surface area contributed by atoms with E-state index < -0.39 is 0 Å². The van der Waals surface area contributed by atoms with E-state index in [1.54, 1.807) is 4.68 Å². The summed E-state index contributed by atoms with van der Waals surface area (Å²) in [4.78, 5) is 0. The van der Waals surface area contributed by atoms with E-state index in [1.165, 1.54) is 0 Å². The highest BCUT2D eigenvalue weighted by atomic mass is 79.9. The molecule has 0 amide bonds. The first-order valence-electron chi connectivity index (χ1n) is 6.19. The second-order valence-electron chi connectivity index (χ2n) is 4.53. The highest BCUT2D eigenvalue weighted by molar-refractivity contribution is 9.10. The zero-order valence-electron chi connectivity index (χ0n) is 10.9. The lowest BCUT2D eigenvalue weighted by Crippen LogP contribution is -2.05. The summed E-state index contributed by atoms with van der Waals surface area (Å²) in [5.41, 5.74) is 8.50. The van der Waals surface area contributed by atoms with E-state index in [4.69, 9.17) is 5.73 Å². The average molecular weight is 409 g/mol. The van der Waals surface area contributed by atoms with Gasteiger partial charge in [-0.15, -0.1) is 5.10 Å². The summed E-state index contributed by atoms with van der Waals surface area (Å²) >= 11 is 6.98. The highest BCUT2D eigenvalue weighted by Crippen LogP contribution is 2.28. The van der Waals surface area contributed by atoms with Gasteiger partial charge in [0.1, 0.15) is 0 Å². The second kappa shape index (κ2) is 5.95. The Labute approximate surface area is 138 Å². The fourth-order valence-electron chi connectivity index (χ4n) is 2.03. The molecule has 5 nitrogen and oxygen atoms in total. The summed E-state index contributed by atoms with van der Waals surface area (Å²) in [5, 5.41) is 12.0. The normalized spacial score (nSPS) is 10.8. The molecule has 1 heterocycles. The Bertz CT molecular complexity index is 785. The molecular weight excluding hydrogens is 398 g/mol. The van der Waals surface area contributed by atoms with Crippen molar-refractivity contribution in [1.29, 1.82) is 0 Å². The van der Waals surface area contributed by atoms with E-state index in [2.05, 4.69) is 47.4 Å². The van der Waals surface area contributed by atoms with Crippen LogP contribution < -0.4 is 5.73 Å². The molecule has 106 valence electrons. The van der Waals surface area contributed by atoms with Crippen molar-refractivity contribution < 1.29 is 0 Å². The van der Waals surface area contributed by atoms with Crippen LogP contribution in [0.4, 0.5) is 5.69 Å². The predicted octanol–water partition coefficient (Wildman–Crippen LogP) is 3.50. The van der Waals surface area contributed by atoms with Gasteiger partial charge in [-0.05, 0) is 46.3 Å². The summed E-state index contributed by atoms with van der Waals surface area (Å²) in [6, 6.07) is 13.6. The number of hydrogen-bond acceptors (Lipinski definition) is 4. The minimum absolute atomic E-state index is 0.586. The molecule has 7 heteroatoms. The third-order valence-corrected chi connectivity index (χ3v) is 4.17. The number of rotatable bonds is 3. The monoisotopic (exact) mass is 407 g/mol. The van der Waals surface area contributed by atoms with Crippen molar-refractivity contribution in [2.75, 3.05) is 5.73 Å². The first kappa shape index (κ1) is 14.2. The zero-order valence-corrected chi connectivity index (χ0v) is 14.0. The summed E-state index contributed by atoms with van der Waals surface area (Å²) in [6.07, 6.45) is 0. The third-order valence-electron chi connectivity index (χ3n) is 2.98. The van der Waals surface area contributed by atoms with Gasteiger partial charge in [0, 0.05) is 20.2 Å². The van der Waals surface area contributed by atoms with Gasteiger partial charge in [0.2, 0.25) is 0 Å². The van der Waals surface area contributed by atoms with Crippen molar-refractivity contribution in [2.45, 2.75) is 6.54 Å². The summed E-state index contributed by atoms with van der Waals surface area (Å²) in [7, 11) is 0. The van der Waals surface area contributed by atoms with Gasteiger partial charge in [0.05, 0.1) is 6.54 Å². The summed E-state index contributed by atoms with van der Waals surface area (Å²) < 4.78 is 3.68. The molecule has 0 radical (unpaired) electrons. The molecule has 3 rings (SSSR count). The van der Waals surface area contributed by atoms with Crippen molar-refractivity contribution in [3.63, 3.8) is 0 Å². The predicted molar refractivity (Wildman–Crippen MR) is 88.6 cm³/mol. The molecule has 1 aromatic heterocycles. The van der Waals surface area contributed by atoms with Gasteiger partial charge < -0.3 is 5.73 Å². The fraction of sp³-hybridized carbons (Fsp3) is 0.0714. The van der Waals surface area contributed by atoms with E-state index in [0.29, 0.717) is 18.1 Å². The number of halogens is 2. The molecule has 2 aromatic carbocycles. The van der Waals surface area contributed by atoms with Gasteiger partial charge in [-0.3, -0.25) is 0 Å². The lowest BCUT2D eigenvalue weighted by Gasteiger charge is -2.07. The van der Waals surface area contributed by atoms with Gasteiger partial charge in [0.15, 0.2) is 5.82 Å². The summed E-state index contributed by atoms with van der Waals surface area (Å²) in [6.45, 7) is 0.586. The standard InChI is InChI=1S/C14H11Br2N5/c15-10-3-1-2-9(6-10)8-21-14(18-19-20-21)12-7-11(17)4-5-13(12)16/h1-7H,8,17H2. The van der Waals surface area contributed by atoms with Crippen LogP contribution in [-0.4, -0.2) is 20.2 Å². The van der Waals surface area contributed by atoms with Crippen LogP contribution in [0.15, 0.2) is 51.4 Å². The first-order valence-corrected chi connectivity index (χ1v) is 7.78. The van der Waals surface area contributed by atoms with E-state index in [1.807, 2.05) is 42.5 Å².